The first-order valence-electron chi connectivity index (χ1n) is 2.44. The second-order valence-corrected chi connectivity index (χ2v) is 1.54. The number of aromatic nitrogens is 1. The molecule has 0 amide bonds. The molecule has 10 heavy (non-hydrogen) atoms. The van der Waals surface area contributed by atoms with Gasteiger partial charge in [-0.15, -0.1) is 0 Å². The molecule has 0 aliphatic rings. The van der Waals surface area contributed by atoms with E-state index in [1.165, 1.54) is 24.5 Å². The molecule has 2 radical (unpaired) electrons. The van der Waals surface area contributed by atoms with Crippen LogP contribution in [0.3, 0.4) is 0 Å². The summed E-state index contributed by atoms with van der Waals surface area (Å²) in [5.41, 5.74) is 0.269. The Balaban J connectivity index is 0.000000810. The van der Waals surface area contributed by atoms with Gasteiger partial charge in [-0.1, -0.05) is 0 Å². The molecule has 0 fully saturated rings. The van der Waals surface area contributed by atoms with E-state index >= 15 is 0 Å². The van der Waals surface area contributed by atoms with Crippen LogP contribution in [0.25, 0.3) is 0 Å². The summed E-state index contributed by atoms with van der Waals surface area (Å²) in [6.45, 7) is 0. The Hall–Kier alpha value is 0.101. The van der Waals surface area contributed by atoms with Crippen molar-refractivity contribution in [3.63, 3.8) is 0 Å². The van der Waals surface area contributed by atoms with Gasteiger partial charge in [0.15, 0.2) is 0 Å². The zero-order valence-corrected chi connectivity index (χ0v) is 8.80. The van der Waals surface area contributed by atoms with E-state index in [9.17, 15) is 4.79 Å². The minimum atomic E-state index is -0.919. The summed E-state index contributed by atoms with van der Waals surface area (Å²) in [7, 11) is 0. The predicted molar refractivity (Wildman–Crippen MR) is 37.0 cm³/mol. The molecular formula is C6H5NO2Sr. The third kappa shape index (κ3) is 2.79. The van der Waals surface area contributed by atoms with E-state index in [2.05, 4.69) is 4.98 Å². The molecule has 1 N–H and O–H groups in total. The minimum Gasteiger partial charge on any atom is -0.478 e. The van der Waals surface area contributed by atoms with Crippen molar-refractivity contribution in [3.8, 4) is 0 Å². The molecule has 0 bridgehead atoms. The average molecular weight is 211 g/mol. The molecule has 0 aliphatic heterocycles. The smallest absolute Gasteiger partial charge is 0.335 e. The molecule has 1 aromatic heterocycles. The van der Waals surface area contributed by atoms with Crippen LogP contribution >= 0.6 is 0 Å². The first-order chi connectivity index (χ1) is 4.30. The number of aromatic carboxylic acids is 1. The third-order valence-corrected chi connectivity index (χ3v) is 0.927. The van der Waals surface area contributed by atoms with Gasteiger partial charge < -0.3 is 5.11 Å². The molecule has 0 aliphatic carbocycles. The van der Waals surface area contributed by atoms with Crippen LogP contribution in [0.5, 0.6) is 0 Å². The van der Waals surface area contributed by atoms with E-state index in [1.54, 1.807) is 0 Å². The Morgan fingerprint density at radius 3 is 2.20 bits per heavy atom. The van der Waals surface area contributed by atoms with Crippen molar-refractivity contribution < 1.29 is 9.90 Å². The molecule has 4 heteroatoms. The summed E-state index contributed by atoms with van der Waals surface area (Å²) >= 11 is 0. The van der Waals surface area contributed by atoms with E-state index in [-0.39, 0.29) is 51.0 Å². The van der Waals surface area contributed by atoms with Crippen molar-refractivity contribution in [2.75, 3.05) is 0 Å². The van der Waals surface area contributed by atoms with Crippen molar-refractivity contribution in [1.29, 1.82) is 0 Å². The first kappa shape index (κ1) is 10.1. The Bertz CT molecular complexity index is 212. The Morgan fingerprint density at radius 2 is 1.90 bits per heavy atom. The number of carboxylic acids is 1. The molecule has 0 unspecified atom stereocenters. The number of carboxylic acid groups (broad SMARTS) is 1. The molecule has 3 nitrogen and oxygen atoms in total. The summed E-state index contributed by atoms with van der Waals surface area (Å²) < 4.78 is 0. The number of pyridine rings is 1. The standard InChI is InChI=1S/C6H5NO2.Sr/c8-6(9)5-1-3-7-4-2-5;/h1-4H,(H,8,9);. The monoisotopic (exact) mass is 211 g/mol. The van der Waals surface area contributed by atoms with Gasteiger partial charge in [-0.2, -0.15) is 0 Å². The van der Waals surface area contributed by atoms with E-state index < -0.39 is 5.97 Å². The van der Waals surface area contributed by atoms with Gasteiger partial charge in [-0.05, 0) is 12.1 Å². The Morgan fingerprint density at radius 1 is 1.40 bits per heavy atom. The summed E-state index contributed by atoms with van der Waals surface area (Å²) in [5.74, 6) is -0.919. The summed E-state index contributed by atoms with van der Waals surface area (Å²) in [6, 6.07) is 2.89. The van der Waals surface area contributed by atoms with Crippen LogP contribution in [0.4, 0.5) is 0 Å². The molecule has 0 saturated heterocycles. The fraction of sp³-hybridized carbons (Fsp3) is 0. The SMILES string of the molecule is O=C(O)c1ccncc1.[Sr]. The molecule has 1 heterocycles. The van der Waals surface area contributed by atoms with Gasteiger partial charge in [0.05, 0.1) is 5.56 Å². The van der Waals surface area contributed by atoms with Gasteiger partial charge in [0, 0.05) is 57.9 Å². The van der Waals surface area contributed by atoms with E-state index in [0.29, 0.717) is 0 Å². The second kappa shape index (κ2) is 4.85. The van der Waals surface area contributed by atoms with Crippen molar-refractivity contribution in [1.82, 2.24) is 4.98 Å². The van der Waals surface area contributed by atoms with Crippen LogP contribution in [-0.4, -0.2) is 61.5 Å². The predicted octanol–water partition coefficient (Wildman–Crippen LogP) is 0.399. The summed E-state index contributed by atoms with van der Waals surface area (Å²) in [5, 5.41) is 8.36. The Kier molecular flexibility index (Phi) is 4.89. The van der Waals surface area contributed by atoms with Gasteiger partial charge in [0.2, 0.25) is 0 Å². The average Bonchev–Trinajstić information content (AvgIpc) is 1.90. The topological polar surface area (TPSA) is 50.2 Å². The molecule has 0 spiro atoms. The van der Waals surface area contributed by atoms with Crippen molar-refractivity contribution in [3.05, 3.63) is 30.1 Å². The second-order valence-electron chi connectivity index (χ2n) is 1.54. The fourth-order valence-electron chi connectivity index (χ4n) is 0.494. The largest absolute Gasteiger partial charge is 0.478 e. The third-order valence-electron chi connectivity index (χ3n) is 0.927. The molecule has 0 atom stereocenters. The Labute approximate surface area is 95.4 Å². The maximum absolute atomic E-state index is 10.2. The molecule has 1 rings (SSSR count). The number of hydrogen-bond donors (Lipinski definition) is 1. The van der Waals surface area contributed by atoms with Crippen molar-refractivity contribution in [2.45, 2.75) is 0 Å². The molecule has 0 saturated carbocycles. The van der Waals surface area contributed by atoms with E-state index in [0.717, 1.165) is 0 Å². The molecule has 48 valence electrons. The normalized spacial score (nSPS) is 8.00. The van der Waals surface area contributed by atoms with Gasteiger partial charge in [0.1, 0.15) is 0 Å². The van der Waals surface area contributed by atoms with Gasteiger partial charge >= 0.3 is 5.97 Å². The van der Waals surface area contributed by atoms with Crippen LogP contribution in [-0.2, 0) is 0 Å². The fourth-order valence-corrected chi connectivity index (χ4v) is 0.494. The maximum atomic E-state index is 10.2. The quantitative estimate of drug-likeness (QED) is 0.683. The number of rotatable bonds is 1. The molecular weight excluding hydrogens is 206 g/mol. The first-order valence-corrected chi connectivity index (χ1v) is 2.44. The zero-order valence-electron chi connectivity index (χ0n) is 5.32. The van der Waals surface area contributed by atoms with Gasteiger partial charge in [-0.3, -0.25) is 4.98 Å². The van der Waals surface area contributed by atoms with Crippen LogP contribution in [0, 0.1) is 0 Å². The van der Waals surface area contributed by atoms with Crippen molar-refractivity contribution in [2.24, 2.45) is 0 Å². The number of nitrogens with zero attached hydrogens (tertiary/aromatic N) is 1. The number of carbonyl (C=O) groups is 1. The van der Waals surface area contributed by atoms with Crippen LogP contribution in [0.1, 0.15) is 10.4 Å². The van der Waals surface area contributed by atoms with Crippen LogP contribution in [0.2, 0.25) is 0 Å². The van der Waals surface area contributed by atoms with Gasteiger partial charge in [-0.25, -0.2) is 4.79 Å². The molecule has 1 aromatic rings. The van der Waals surface area contributed by atoms with E-state index in [1.807, 2.05) is 0 Å². The van der Waals surface area contributed by atoms with Crippen LogP contribution in [0.15, 0.2) is 24.5 Å². The minimum absolute atomic E-state index is 0. The summed E-state index contributed by atoms with van der Waals surface area (Å²) in [4.78, 5) is 13.8. The van der Waals surface area contributed by atoms with E-state index in [4.69, 9.17) is 5.11 Å². The zero-order chi connectivity index (χ0) is 6.69. The van der Waals surface area contributed by atoms with Crippen LogP contribution < -0.4 is 0 Å². The van der Waals surface area contributed by atoms with Gasteiger partial charge in [0.25, 0.3) is 0 Å². The maximum Gasteiger partial charge on any atom is 0.335 e. The van der Waals surface area contributed by atoms with Crippen molar-refractivity contribution >= 4 is 51.5 Å². The summed E-state index contributed by atoms with van der Waals surface area (Å²) in [6.07, 6.45) is 2.90. The molecule has 0 aromatic carbocycles. The number of hydrogen-bond acceptors (Lipinski definition) is 2.